The summed E-state index contributed by atoms with van der Waals surface area (Å²) >= 11 is 0. The second kappa shape index (κ2) is 4.92. The van der Waals surface area contributed by atoms with Crippen LogP contribution in [0.25, 0.3) is 11.0 Å². The normalized spacial score (nSPS) is 12.6. The van der Waals surface area contributed by atoms with Crippen molar-refractivity contribution in [2.45, 2.75) is 19.9 Å². The summed E-state index contributed by atoms with van der Waals surface area (Å²) in [6.45, 7) is 4.08. The highest BCUT2D eigenvalue weighted by molar-refractivity contribution is 5.87. The molecular formula is C15H17N5. The highest BCUT2D eigenvalue weighted by atomic mass is 15.3. The molecule has 2 aromatic heterocycles. The number of nitrogens with one attached hydrogen (secondary N) is 1. The molecule has 0 aliphatic rings. The summed E-state index contributed by atoms with van der Waals surface area (Å²) in [5.41, 5.74) is 3.97. The van der Waals surface area contributed by atoms with Crippen molar-refractivity contribution in [2.24, 2.45) is 7.05 Å². The molecule has 2 heterocycles. The Balaban J connectivity index is 1.99. The van der Waals surface area contributed by atoms with E-state index in [-0.39, 0.29) is 6.04 Å². The third-order valence-electron chi connectivity index (χ3n) is 3.44. The SMILES string of the molecule is Cc1nn(C)c2c(NC(C)c3ccccc3)ncnc12. The fourth-order valence-electron chi connectivity index (χ4n) is 2.41. The van der Waals surface area contributed by atoms with E-state index in [0.29, 0.717) is 0 Å². The molecule has 0 aliphatic heterocycles. The zero-order valence-corrected chi connectivity index (χ0v) is 11.8. The second-order valence-corrected chi connectivity index (χ2v) is 4.91. The van der Waals surface area contributed by atoms with Crippen molar-refractivity contribution in [3.63, 3.8) is 0 Å². The summed E-state index contributed by atoms with van der Waals surface area (Å²) in [4.78, 5) is 8.67. The molecule has 5 heteroatoms. The van der Waals surface area contributed by atoms with Gasteiger partial charge in [0.1, 0.15) is 17.4 Å². The van der Waals surface area contributed by atoms with Gasteiger partial charge in [-0.05, 0) is 19.4 Å². The van der Waals surface area contributed by atoms with Crippen molar-refractivity contribution in [1.82, 2.24) is 19.7 Å². The summed E-state index contributed by atoms with van der Waals surface area (Å²) in [6.07, 6.45) is 1.58. The van der Waals surface area contributed by atoms with E-state index in [0.717, 1.165) is 22.5 Å². The van der Waals surface area contributed by atoms with Crippen molar-refractivity contribution < 1.29 is 0 Å². The molecule has 0 amide bonds. The number of nitrogens with zero attached hydrogens (tertiary/aromatic N) is 4. The van der Waals surface area contributed by atoms with E-state index in [1.54, 1.807) is 6.33 Å². The van der Waals surface area contributed by atoms with Gasteiger partial charge in [0.2, 0.25) is 0 Å². The molecule has 0 saturated heterocycles. The molecule has 102 valence electrons. The summed E-state index contributed by atoms with van der Waals surface area (Å²) in [7, 11) is 1.91. The number of aromatic nitrogens is 4. The molecular weight excluding hydrogens is 250 g/mol. The van der Waals surface area contributed by atoms with Gasteiger partial charge < -0.3 is 5.32 Å². The molecule has 1 atom stereocenters. The van der Waals surface area contributed by atoms with Crippen molar-refractivity contribution in [3.05, 3.63) is 47.9 Å². The number of aryl methyl sites for hydroxylation is 2. The molecule has 0 spiro atoms. The first kappa shape index (κ1) is 12.6. The maximum atomic E-state index is 4.41. The zero-order valence-electron chi connectivity index (χ0n) is 11.8. The van der Waals surface area contributed by atoms with Crippen LogP contribution in [-0.4, -0.2) is 19.7 Å². The standard InChI is InChI=1S/C15H17N5/c1-10(12-7-5-4-6-8-12)18-15-14-13(16-9-17-15)11(2)19-20(14)3/h4-10H,1-3H3,(H,16,17,18). The lowest BCUT2D eigenvalue weighted by atomic mass is 10.1. The summed E-state index contributed by atoms with van der Waals surface area (Å²) in [6, 6.07) is 10.5. The summed E-state index contributed by atoms with van der Waals surface area (Å²) in [5, 5.41) is 7.85. The van der Waals surface area contributed by atoms with Crippen molar-refractivity contribution in [3.8, 4) is 0 Å². The van der Waals surface area contributed by atoms with Crippen molar-refractivity contribution in [1.29, 1.82) is 0 Å². The first-order valence-electron chi connectivity index (χ1n) is 6.62. The van der Waals surface area contributed by atoms with Gasteiger partial charge in [0.25, 0.3) is 0 Å². The second-order valence-electron chi connectivity index (χ2n) is 4.91. The zero-order chi connectivity index (χ0) is 14.1. The third-order valence-corrected chi connectivity index (χ3v) is 3.44. The van der Waals surface area contributed by atoms with Crippen LogP contribution in [0.4, 0.5) is 5.82 Å². The smallest absolute Gasteiger partial charge is 0.156 e. The molecule has 3 aromatic rings. The Labute approximate surface area is 117 Å². The van der Waals surface area contributed by atoms with Gasteiger partial charge in [-0.15, -0.1) is 0 Å². The minimum absolute atomic E-state index is 0.171. The summed E-state index contributed by atoms with van der Waals surface area (Å²) in [5.74, 6) is 0.814. The van der Waals surface area contributed by atoms with Gasteiger partial charge in [0.15, 0.2) is 5.82 Å². The maximum absolute atomic E-state index is 4.41. The van der Waals surface area contributed by atoms with E-state index in [4.69, 9.17) is 0 Å². The Bertz CT molecular complexity index is 733. The van der Waals surface area contributed by atoms with Gasteiger partial charge >= 0.3 is 0 Å². The molecule has 0 radical (unpaired) electrons. The number of hydrogen-bond acceptors (Lipinski definition) is 4. The van der Waals surface area contributed by atoms with Crippen LogP contribution in [0, 0.1) is 6.92 Å². The van der Waals surface area contributed by atoms with E-state index in [1.807, 2.05) is 36.9 Å². The minimum Gasteiger partial charge on any atom is -0.362 e. The van der Waals surface area contributed by atoms with Gasteiger partial charge in [-0.3, -0.25) is 4.68 Å². The van der Waals surface area contributed by atoms with Crippen LogP contribution in [0.1, 0.15) is 24.2 Å². The molecule has 1 unspecified atom stereocenters. The van der Waals surface area contributed by atoms with E-state index in [1.165, 1.54) is 5.56 Å². The fourth-order valence-corrected chi connectivity index (χ4v) is 2.41. The van der Waals surface area contributed by atoms with Gasteiger partial charge in [-0.25, -0.2) is 9.97 Å². The van der Waals surface area contributed by atoms with Crippen LogP contribution in [0.2, 0.25) is 0 Å². The number of anilines is 1. The first-order chi connectivity index (χ1) is 9.66. The fraction of sp³-hybridized carbons (Fsp3) is 0.267. The molecule has 3 rings (SSSR count). The quantitative estimate of drug-likeness (QED) is 0.792. The minimum atomic E-state index is 0.171. The number of rotatable bonds is 3. The maximum Gasteiger partial charge on any atom is 0.156 e. The Hall–Kier alpha value is -2.43. The van der Waals surface area contributed by atoms with Gasteiger partial charge in [0.05, 0.1) is 11.7 Å². The van der Waals surface area contributed by atoms with Crippen molar-refractivity contribution >= 4 is 16.9 Å². The van der Waals surface area contributed by atoms with E-state index in [9.17, 15) is 0 Å². The Kier molecular flexibility index (Phi) is 3.10. The Morgan fingerprint density at radius 1 is 1.15 bits per heavy atom. The van der Waals surface area contributed by atoms with Gasteiger partial charge in [0, 0.05) is 7.05 Å². The predicted molar refractivity (Wildman–Crippen MR) is 79.5 cm³/mol. The molecule has 1 N–H and O–H groups in total. The van der Waals surface area contributed by atoms with Gasteiger partial charge in [-0.2, -0.15) is 5.10 Å². The number of benzene rings is 1. The number of fused-ring (bicyclic) bond motifs is 1. The van der Waals surface area contributed by atoms with Crippen LogP contribution < -0.4 is 5.32 Å². The average Bonchev–Trinajstić information content (AvgIpc) is 2.76. The predicted octanol–water partition coefficient (Wildman–Crippen LogP) is 2.84. The van der Waals surface area contributed by atoms with Crippen LogP contribution in [-0.2, 0) is 7.05 Å². The lowest BCUT2D eigenvalue weighted by Crippen LogP contribution is -2.09. The number of hydrogen-bond donors (Lipinski definition) is 1. The topological polar surface area (TPSA) is 55.6 Å². The largest absolute Gasteiger partial charge is 0.362 e. The Morgan fingerprint density at radius 2 is 1.90 bits per heavy atom. The van der Waals surface area contributed by atoms with Crippen LogP contribution >= 0.6 is 0 Å². The molecule has 0 aliphatic carbocycles. The molecule has 0 fully saturated rings. The molecule has 0 saturated carbocycles. The van der Waals surface area contributed by atoms with Gasteiger partial charge in [-0.1, -0.05) is 30.3 Å². The summed E-state index contributed by atoms with van der Waals surface area (Å²) < 4.78 is 1.82. The van der Waals surface area contributed by atoms with Crippen LogP contribution in [0.15, 0.2) is 36.7 Å². The lowest BCUT2D eigenvalue weighted by molar-refractivity contribution is 0.779. The monoisotopic (exact) mass is 267 g/mol. The van der Waals surface area contributed by atoms with Crippen LogP contribution in [0.5, 0.6) is 0 Å². The van der Waals surface area contributed by atoms with E-state index in [2.05, 4.69) is 39.4 Å². The molecule has 0 bridgehead atoms. The average molecular weight is 267 g/mol. The first-order valence-corrected chi connectivity index (χ1v) is 6.62. The Morgan fingerprint density at radius 3 is 2.65 bits per heavy atom. The van der Waals surface area contributed by atoms with E-state index >= 15 is 0 Å². The third kappa shape index (κ3) is 2.11. The lowest BCUT2D eigenvalue weighted by Gasteiger charge is -2.15. The van der Waals surface area contributed by atoms with Crippen molar-refractivity contribution in [2.75, 3.05) is 5.32 Å². The highest BCUT2D eigenvalue weighted by Crippen LogP contribution is 2.24. The molecule has 1 aromatic carbocycles. The van der Waals surface area contributed by atoms with Crippen LogP contribution in [0.3, 0.4) is 0 Å². The highest BCUT2D eigenvalue weighted by Gasteiger charge is 2.14. The van der Waals surface area contributed by atoms with E-state index < -0.39 is 0 Å². The molecule has 20 heavy (non-hydrogen) atoms. The molecule has 5 nitrogen and oxygen atoms in total.